The monoisotopic (exact) mass is 779 g/mol. The SMILES string of the molecule is CC1(C)CC(C(=O)OCC(COC(=O)C2CC(C)(C)NC2(C)C)(COC(=O)C2CC(C)(C)N([O])C2(C)C)COC(=O)C2CC(C)(C)N([O])C2(C)C)C(C)(C)N1. The second-order valence-electron chi connectivity index (χ2n) is 21.9. The van der Waals surface area contributed by atoms with Gasteiger partial charge in [-0.05, 0) is 136 Å². The summed E-state index contributed by atoms with van der Waals surface area (Å²) in [6, 6.07) is 0. The van der Waals surface area contributed by atoms with Crippen molar-refractivity contribution in [1.82, 2.24) is 20.8 Å². The lowest BCUT2D eigenvalue weighted by Crippen LogP contribution is -2.50. The summed E-state index contributed by atoms with van der Waals surface area (Å²) in [5.41, 5.74) is -7.23. The third-order valence-electron chi connectivity index (χ3n) is 13.0. The largest absolute Gasteiger partial charge is 0.464 e. The van der Waals surface area contributed by atoms with Crippen LogP contribution in [0.5, 0.6) is 0 Å². The van der Waals surface area contributed by atoms with E-state index in [0.717, 1.165) is 10.1 Å². The Morgan fingerprint density at radius 2 is 0.727 bits per heavy atom. The fourth-order valence-electron chi connectivity index (χ4n) is 10.1. The van der Waals surface area contributed by atoms with Crippen LogP contribution in [0.3, 0.4) is 0 Å². The first-order valence-electron chi connectivity index (χ1n) is 19.8. The third-order valence-corrected chi connectivity index (χ3v) is 13.0. The molecule has 4 aliphatic rings. The molecule has 4 heterocycles. The minimum atomic E-state index is -1.54. The summed E-state index contributed by atoms with van der Waals surface area (Å²) >= 11 is 0. The topological polar surface area (TPSA) is 176 Å². The second-order valence-corrected chi connectivity index (χ2v) is 21.9. The van der Waals surface area contributed by atoms with Gasteiger partial charge in [-0.1, -0.05) is 0 Å². The van der Waals surface area contributed by atoms with Gasteiger partial charge in [0.05, 0.1) is 34.7 Å². The van der Waals surface area contributed by atoms with Crippen molar-refractivity contribution in [3.8, 4) is 0 Å². The molecule has 4 rings (SSSR count). The van der Waals surface area contributed by atoms with E-state index in [0.29, 0.717) is 12.8 Å². The molecule has 0 aromatic carbocycles. The second kappa shape index (κ2) is 14.5. The number of esters is 4. The van der Waals surface area contributed by atoms with E-state index in [1.54, 1.807) is 55.4 Å². The summed E-state index contributed by atoms with van der Waals surface area (Å²) in [6.45, 7) is 27.9. The first kappa shape index (κ1) is 45.3. The van der Waals surface area contributed by atoms with Gasteiger partial charge in [0.2, 0.25) is 0 Å². The number of hydrogen-bond acceptors (Lipinski definition) is 12. The van der Waals surface area contributed by atoms with Crippen LogP contribution in [0.15, 0.2) is 0 Å². The van der Waals surface area contributed by atoms with Crippen LogP contribution < -0.4 is 10.6 Å². The highest BCUT2D eigenvalue weighted by Crippen LogP contribution is 2.46. The standard InChI is InChI=1S/C41H70N4O10/c1-33(2)17-25(37(9,10)42-33)29(46)52-21-41(22-53-30(47)26-18-34(3,4)43-38(26,11)12,23-54-31(48)27-19-35(5,6)44(50)39(27,13)14)24-55-32(49)28-20-36(7,8)45(51)40(28,15)16/h25-28,42-43H,17-24H2,1-16H3. The van der Waals surface area contributed by atoms with Gasteiger partial charge in [-0.3, -0.25) is 19.2 Å². The molecule has 4 fully saturated rings. The van der Waals surface area contributed by atoms with E-state index >= 15 is 0 Å². The van der Waals surface area contributed by atoms with Crippen LogP contribution in [0.25, 0.3) is 0 Å². The number of nitrogens with zero attached hydrogens (tertiary/aromatic N) is 2. The summed E-state index contributed by atoms with van der Waals surface area (Å²) in [4.78, 5) is 55.7. The first-order valence-corrected chi connectivity index (χ1v) is 19.8. The summed E-state index contributed by atoms with van der Waals surface area (Å²) in [7, 11) is 0. The van der Waals surface area contributed by atoms with Crippen LogP contribution >= 0.6 is 0 Å². The highest BCUT2D eigenvalue weighted by atomic mass is 16.6. The van der Waals surface area contributed by atoms with Crippen LogP contribution in [0.4, 0.5) is 0 Å². The maximum Gasteiger partial charge on any atom is 0.310 e. The number of rotatable bonds is 12. The Bertz CT molecular complexity index is 1390. The predicted octanol–water partition coefficient (Wildman–Crippen LogP) is 4.93. The molecule has 14 heteroatoms. The number of hydroxylamine groups is 4. The van der Waals surface area contributed by atoms with Crippen molar-refractivity contribution < 1.29 is 48.5 Å². The lowest BCUT2D eigenvalue weighted by atomic mass is 9.85. The van der Waals surface area contributed by atoms with Crippen molar-refractivity contribution >= 4 is 23.9 Å². The Hall–Kier alpha value is -2.36. The Morgan fingerprint density at radius 3 is 0.927 bits per heavy atom. The molecular weight excluding hydrogens is 708 g/mol. The van der Waals surface area contributed by atoms with Crippen LogP contribution in [-0.4, -0.2) is 105 Å². The zero-order chi connectivity index (χ0) is 42.2. The number of hydrogen-bond donors (Lipinski definition) is 2. The van der Waals surface area contributed by atoms with Gasteiger partial charge in [0, 0.05) is 33.2 Å². The fraction of sp³-hybridized carbons (Fsp3) is 0.902. The van der Waals surface area contributed by atoms with E-state index in [9.17, 15) is 29.6 Å². The summed E-state index contributed by atoms with van der Waals surface area (Å²) in [5, 5.41) is 35.2. The molecule has 0 amide bonds. The molecule has 4 aliphatic heterocycles. The molecule has 2 radical (unpaired) electrons. The fourth-order valence-corrected chi connectivity index (χ4v) is 10.1. The van der Waals surface area contributed by atoms with Crippen LogP contribution in [0.1, 0.15) is 136 Å². The van der Waals surface area contributed by atoms with Crippen molar-refractivity contribution in [3.63, 3.8) is 0 Å². The molecule has 4 saturated heterocycles. The smallest absolute Gasteiger partial charge is 0.310 e. The molecule has 0 saturated carbocycles. The molecule has 314 valence electrons. The first-order chi connectivity index (χ1) is 24.6. The van der Waals surface area contributed by atoms with E-state index in [1.165, 1.54) is 0 Å². The zero-order valence-electron chi connectivity index (χ0n) is 36.4. The third kappa shape index (κ3) is 9.19. The van der Waals surface area contributed by atoms with Gasteiger partial charge in [-0.2, -0.15) is 0 Å². The molecule has 0 spiro atoms. The average Bonchev–Trinajstić information content (AvgIpc) is 3.55. The molecule has 4 unspecified atom stereocenters. The molecular formula is C41H70N4O10. The quantitative estimate of drug-likeness (QED) is 0.202. The summed E-state index contributed by atoms with van der Waals surface area (Å²) in [6.07, 6.45) is 1.49. The van der Waals surface area contributed by atoms with Gasteiger partial charge in [-0.15, -0.1) is 20.5 Å². The number of ether oxygens (including phenoxy) is 4. The Labute approximate surface area is 329 Å². The maximum atomic E-state index is 13.9. The van der Waals surface area contributed by atoms with Crippen molar-refractivity contribution in [1.29, 1.82) is 0 Å². The molecule has 2 N–H and O–H groups in total. The minimum Gasteiger partial charge on any atom is -0.464 e. The van der Waals surface area contributed by atoms with E-state index < -0.39 is 113 Å². The van der Waals surface area contributed by atoms with Gasteiger partial charge in [0.25, 0.3) is 0 Å². The Morgan fingerprint density at radius 1 is 0.473 bits per heavy atom. The van der Waals surface area contributed by atoms with Crippen LogP contribution in [0, 0.1) is 29.1 Å². The van der Waals surface area contributed by atoms with E-state index in [1.807, 2.05) is 55.4 Å². The summed E-state index contributed by atoms with van der Waals surface area (Å²) < 4.78 is 24.2. The van der Waals surface area contributed by atoms with Crippen LogP contribution in [0.2, 0.25) is 0 Å². The summed E-state index contributed by atoms with van der Waals surface area (Å²) in [5.74, 6) is -4.94. The Balaban J connectivity index is 1.68. The van der Waals surface area contributed by atoms with Crippen molar-refractivity contribution in [2.75, 3.05) is 26.4 Å². The Kier molecular flexibility index (Phi) is 11.9. The van der Waals surface area contributed by atoms with E-state index in [4.69, 9.17) is 18.9 Å². The molecule has 0 bridgehead atoms. The normalized spacial score (nSPS) is 32.0. The van der Waals surface area contributed by atoms with Crippen molar-refractivity contribution in [3.05, 3.63) is 0 Å². The van der Waals surface area contributed by atoms with Gasteiger partial charge in [0.1, 0.15) is 31.8 Å². The minimum absolute atomic E-state index is 0.242. The number of carbonyl (C=O) groups is 4. The van der Waals surface area contributed by atoms with Gasteiger partial charge in [0.15, 0.2) is 0 Å². The predicted molar refractivity (Wildman–Crippen MR) is 203 cm³/mol. The average molecular weight is 779 g/mol. The van der Waals surface area contributed by atoms with Gasteiger partial charge in [-0.25, -0.2) is 0 Å². The van der Waals surface area contributed by atoms with Gasteiger partial charge < -0.3 is 29.6 Å². The number of carbonyl (C=O) groups excluding carboxylic acids is 4. The molecule has 0 aliphatic carbocycles. The number of nitrogens with one attached hydrogen (secondary N) is 2. The van der Waals surface area contributed by atoms with Crippen molar-refractivity contribution in [2.24, 2.45) is 29.1 Å². The zero-order valence-corrected chi connectivity index (χ0v) is 36.4. The highest BCUT2D eigenvalue weighted by Gasteiger charge is 2.58. The lowest BCUT2D eigenvalue weighted by molar-refractivity contribution is -0.249. The van der Waals surface area contributed by atoms with E-state index in [2.05, 4.69) is 10.6 Å². The molecule has 14 nitrogen and oxygen atoms in total. The maximum absolute atomic E-state index is 13.9. The van der Waals surface area contributed by atoms with Gasteiger partial charge >= 0.3 is 23.9 Å². The molecule has 4 atom stereocenters. The molecule has 0 aromatic heterocycles. The molecule has 55 heavy (non-hydrogen) atoms. The van der Waals surface area contributed by atoms with E-state index in [-0.39, 0.29) is 23.9 Å². The lowest BCUT2D eigenvalue weighted by Gasteiger charge is -2.36. The van der Waals surface area contributed by atoms with Crippen LogP contribution in [-0.2, 0) is 48.5 Å². The van der Waals surface area contributed by atoms with Crippen molar-refractivity contribution in [2.45, 2.75) is 181 Å². The highest BCUT2D eigenvalue weighted by molar-refractivity contribution is 5.77. The molecule has 0 aromatic rings.